The molecule has 3 N–H and O–H groups in total. The Morgan fingerprint density at radius 1 is 1.45 bits per heavy atom. The van der Waals surface area contributed by atoms with Gasteiger partial charge in [-0.2, -0.15) is 0 Å². The summed E-state index contributed by atoms with van der Waals surface area (Å²) in [5, 5.41) is 19.0. The van der Waals surface area contributed by atoms with Gasteiger partial charge < -0.3 is 10.2 Å². The van der Waals surface area contributed by atoms with Crippen molar-refractivity contribution in [3.05, 3.63) is 0 Å². The molecule has 0 saturated carbocycles. The quantitative estimate of drug-likeness (QED) is 0.503. The standard InChI is InChI=1S/C5H10NO4P/c7-4(8)2-1-3(6-11)5(9)10/h3,6H,1-2,11H2,(H,7,8)(H,9,10). The van der Waals surface area contributed by atoms with Gasteiger partial charge in [0.1, 0.15) is 6.04 Å². The number of hydrogen-bond donors (Lipinski definition) is 3. The van der Waals surface area contributed by atoms with Crippen LogP contribution in [0.5, 0.6) is 0 Å². The first-order valence-corrected chi connectivity index (χ1v) is 3.56. The second-order valence-electron chi connectivity index (χ2n) is 1.99. The van der Waals surface area contributed by atoms with Gasteiger partial charge in [0.25, 0.3) is 0 Å². The maximum absolute atomic E-state index is 10.3. The Hall–Kier alpha value is -0.670. The van der Waals surface area contributed by atoms with Gasteiger partial charge in [0, 0.05) is 6.42 Å². The lowest BCUT2D eigenvalue weighted by Gasteiger charge is -2.07. The van der Waals surface area contributed by atoms with Gasteiger partial charge in [0.2, 0.25) is 0 Å². The van der Waals surface area contributed by atoms with Gasteiger partial charge in [-0.05, 0) is 6.42 Å². The molecule has 0 aliphatic heterocycles. The molecule has 0 bridgehead atoms. The number of carbonyl (C=O) groups is 2. The molecule has 2 atom stereocenters. The second-order valence-corrected chi connectivity index (χ2v) is 2.32. The molecular weight excluding hydrogens is 169 g/mol. The molecule has 0 amide bonds. The summed E-state index contributed by atoms with van der Waals surface area (Å²) < 4.78 is 0. The largest absolute Gasteiger partial charge is 0.481 e. The molecular formula is C5H10NO4P. The molecule has 0 aliphatic rings. The lowest BCUT2D eigenvalue weighted by Crippen LogP contribution is -2.30. The molecule has 6 heteroatoms. The zero-order chi connectivity index (χ0) is 8.85. The van der Waals surface area contributed by atoms with Gasteiger partial charge in [-0.3, -0.25) is 14.7 Å². The summed E-state index contributed by atoms with van der Waals surface area (Å²) >= 11 is 0. The van der Waals surface area contributed by atoms with Crippen LogP contribution in [0.25, 0.3) is 0 Å². The molecule has 0 rings (SSSR count). The van der Waals surface area contributed by atoms with Crippen LogP contribution in [0, 0.1) is 0 Å². The minimum absolute atomic E-state index is 0.0914. The molecule has 0 aliphatic carbocycles. The van der Waals surface area contributed by atoms with E-state index in [0.717, 1.165) is 0 Å². The summed E-state index contributed by atoms with van der Waals surface area (Å²) in [6, 6.07) is -0.795. The topological polar surface area (TPSA) is 86.6 Å². The van der Waals surface area contributed by atoms with Gasteiger partial charge in [-0.1, -0.05) is 9.39 Å². The molecule has 0 aromatic rings. The van der Waals surface area contributed by atoms with Gasteiger partial charge >= 0.3 is 11.9 Å². The zero-order valence-electron chi connectivity index (χ0n) is 5.78. The van der Waals surface area contributed by atoms with Crippen LogP contribution in [-0.4, -0.2) is 28.2 Å². The van der Waals surface area contributed by atoms with Crippen LogP contribution >= 0.6 is 9.39 Å². The molecule has 64 valence electrons. The molecule has 0 fully saturated rings. The fraction of sp³-hybridized carbons (Fsp3) is 0.600. The van der Waals surface area contributed by atoms with Crippen LogP contribution in [-0.2, 0) is 9.59 Å². The lowest BCUT2D eigenvalue weighted by atomic mass is 10.2. The van der Waals surface area contributed by atoms with Crippen LogP contribution in [0.1, 0.15) is 12.8 Å². The van der Waals surface area contributed by atoms with Gasteiger partial charge in [-0.25, -0.2) is 0 Å². The minimum atomic E-state index is -1.04. The smallest absolute Gasteiger partial charge is 0.320 e. The predicted molar refractivity (Wildman–Crippen MR) is 41.1 cm³/mol. The Labute approximate surface area is 66.0 Å². The Morgan fingerprint density at radius 3 is 2.27 bits per heavy atom. The SMILES string of the molecule is O=C(O)CCC(NP)C(=O)O. The first-order chi connectivity index (χ1) is 5.07. The number of rotatable bonds is 5. The van der Waals surface area contributed by atoms with Crippen LogP contribution in [0.15, 0.2) is 0 Å². The van der Waals surface area contributed by atoms with Gasteiger partial charge in [0.05, 0.1) is 0 Å². The van der Waals surface area contributed by atoms with E-state index in [1.807, 2.05) is 9.39 Å². The summed E-state index contributed by atoms with van der Waals surface area (Å²) in [6.45, 7) is 0. The molecule has 2 unspecified atom stereocenters. The van der Waals surface area contributed by atoms with E-state index in [9.17, 15) is 9.59 Å². The molecule has 0 spiro atoms. The normalized spacial score (nSPS) is 12.5. The van der Waals surface area contributed by atoms with E-state index in [1.54, 1.807) is 0 Å². The van der Waals surface area contributed by atoms with Crippen molar-refractivity contribution < 1.29 is 19.8 Å². The van der Waals surface area contributed by atoms with E-state index in [-0.39, 0.29) is 12.8 Å². The Balaban J connectivity index is 3.70. The third-order valence-electron chi connectivity index (χ3n) is 1.15. The fourth-order valence-electron chi connectivity index (χ4n) is 0.546. The third kappa shape index (κ3) is 4.70. The van der Waals surface area contributed by atoms with E-state index in [0.29, 0.717) is 0 Å². The van der Waals surface area contributed by atoms with Crippen LogP contribution in [0.4, 0.5) is 0 Å². The highest BCUT2D eigenvalue weighted by Gasteiger charge is 2.15. The molecule has 11 heavy (non-hydrogen) atoms. The Morgan fingerprint density at radius 2 is 2.00 bits per heavy atom. The van der Waals surface area contributed by atoms with Crippen molar-refractivity contribution in [2.24, 2.45) is 0 Å². The van der Waals surface area contributed by atoms with E-state index in [4.69, 9.17) is 10.2 Å². The van der Waals surface area contributed by atoms with E-state index in [2.05, 4.69) is 5.09 Å². The molecule has 0 saturated heterocycles. The maximum Gasteiger partial charge on any atom is 0.320 e. The van der Waals surface area contributed by atoms with Crippen molar-refractivity contribution in [3.8, 4) is 0 Å². The number of hydrogen-bond acceptors (Lipinski definition) is 3. The van der Waals surface area contributed by atoms with Crippen molar-refractivity contribution in [3.63, 3.8) is 0 Å². The Kier molecular flexibility index (Phi) is 4.74. The summed E-state index contributed by atoms with van der Waals surface area (Å²) in [4.78, 5) is 20.3. The fourth-order valence-corrected chi connectivity index (χ4v) is 0.855. The molecule has 0 aromatic carbocycles. The first-order valence-electron chi connectivity index (χ1n) is 2.98. The van der Waals surface area contributed by atoms with E-state index >= 15 is 0 Å². The summed E-state index contributed by atoms with van der Waals surface area (Å²) in [6.07, 6.45) is -0.0491. The molecule has 0 radical (unpaired) electrons. The summed E-state index contributed by atoms with van der Waals surface area (Å²) in [5.41, 5.74) is 0. The number of aliphatic carboxylic acids is 2. The second kappa shape index (κ2) is 5.04. The monoisotopic (exact) mass is 179 g/mol. The average molecular weight is 179 g/mol. The predicted octanol–water partition coefficient (Wildman–Crippen LogP) is -0.316. The molecule has 5 nitrogen and oxygen atoms in total. The van der Waals surface area contributed by atoms with E-state index < -0.39 is 18.0 Å². The van der Waals surface area contributed by atoms with Gasteiger partial charge in [0.15, 0.2) is 0 Å². The third-order valence-corrected chi connectivity index (χ3v) is 1.55. The van der Waals surface area contributed by atoms with Crippen LogP contribution in [0.3, 0.4) is 0 Å². The Bertz CT molecular complexity index is 161. The van der Waals surface area contributed by atoms with Crippen molar-refractivity contribution in [2.75, 3.05) is 0 Å². The molecule has 0 aromatic heterocycles. The van der Waals surface area contributed by atoms with Crippen molar-refractivity contribution in [1.82, 2.24) is 5.09 Å². The summed E-state index contributed by atoms with van der Waals surface area (Å²) in [7, 11) is 2.04. The highest BCUT2D eigenvalue weighted by atomic mass is 31.0. The first kappa shape index (κ1) is 10.3. The average Bonchev–Trinajstić information content (AvgIpc) is 1.87. The number of nitrogens with one attached hydrogen (secondary N) is 1. The van der Waals surface area contributed by atoms with Crippen LogP contribution in [0.2, 0.25) is 0 Å². The van der Waals surface area contributed by atoms with Crippen molar-refractivity contribution in [1.29, 1.82) is 0 Å². The zero-order valence-corrected chi connectivity index (χ0v) is 6.93. The lowest BCUT2D eigenvalue weighted by molar-refractivity contribution is -0.140. The van der Waals surface area contributed by atoms with Crippen molar-refractivity contribution >= 4 is 21.3 Å². The molecule has 0 heterocycles. The van der Waals surface area contributed by atoms with E-state index in [1.165, 1.54) is 0 Å². The number of carboxylic acids is 2. The number of carboxylic acid groups (broad SMARTS) is 2. The maximum atomic E-state index is 10.3. The van der Waals surface area contributed by atoms with Crippen LogP contribution < -0.4 is 5.09 Å². The summed E-state index contributed by atoms with van der Waals surface area (Å²) in [5.74, 6) is -2.03. The highest BCUT2D eigenvalue weighted by molar-refractivity contribution is 7.13. The minimum Gasteiger partial charge on any atom is -0.481 e. The highest BCUT2D eigenvalue weighted by Crippen LogP contribution is 1.98. The van der Waals surface area contributed by atoms with Gasteiger partial charge in [-0.15, -0.1) is 0 Å². The van der Waals surface area contributed by atoms with Crippen molar-refractivity contribution in [2.45, 2.75) is 18.9 Å².